The number of nitrogens with zero attached hydrogens (tertiary/aromatic N) is 2. The van der Waals surface area contributed by atoms with Crippen LogP contribution in [0.3, 0.4) is 0 Å². The van der Waals surface area contributed by atoms with E-state index in [1.807, 2.05) is 6.07 Å². The molecular weight excluding hydrogens is 166 g/mol. The van der Waals surface area contributed by atoms with Crippen molar-refractivity contribution in [1.82, 2.24) is 14.5 Å². The van der Waals surface area contributed by atoms with Gasteiger partial charge in [-0.1, -0.05) is 6.08 Å². The quantitative estimate of drug-likeness (QED) is 0.690. The lowest BCUT2D eigenvalue weighted by Crippen LogP contribution is -2.15. The zero-order valence-electron chi connectivity index (χ0n) is 7.03. The Kier molecular flexibility index (Phi) is 1.73. The van der Waals surface area contributed by atoms with Gasteiger partial charge in [-0.15, -0.1) is 6.58 Å². The number of fused-ring (bicyclic) bond motifs is 1. The van der Waals surface area contributed by atoms with Crippen molar-refractivity contribution in [2.24, 2.45) is 0 Å². The van der Waals surface area contributed by atoms with Crippen LogP contribution in [0.5, 0.6) is 0 Å². The van der Waals surface area contributed by atoms with Gasteiger partial charge in [0.05, 0.1) is 5.52 Å². The van der Waals surface area contributed by atoms with Crippen LogP contribution in [0.1, 0.15) is 0 Å². The van der Waals surface area contributed by atoms with Gasteiger partial charge < -0.3 is 0 Å². The monoisotopic (exact) mass is 175 g/mol. The molecule has 4 nitrogen and oxygen atoms in total. The molecule has 0 saturated heterocycles. The maximum Gasteiger partial charge on any atom is 0.327 e. The van der Waals surface area contributed by atoms with Crippen LogP contribution >= 0.6 is 0 Å². The van der Waals surface area contributed by atoms with Crippen molar-refractivity contribution in [3.05, 3.63) is 41.5 Å². The first-order valence-corrected chi connectivity index (χ1v) is 3.97. The lowest BCUT2D eigenvalue weighted by atomic mass is 10.4. The highest BCUT2D eigenvalue weighted by Gasteiger charge is 2.03. The maximum atomic E-state index is 11.3. The molecule has 4 heteroatoms. The van der Waals surface area contributed by atoms with E-state index in [1.54, 1.807) is 22.9 Å². The second kappa shape index (κ2) is 2.90. The molecule has 0 aromatic carbocycles. The summed E-state index contributed by atoms with van der Waals surface area (Å²) < 4.78 is 1.59. The Morgan fingerprint density at radius 1 is 1.69 bits per heavy atom. The Morgan fingerprint density at radius 3 is 3.31 bits per heavy atom. The van der Waals surface area contributed by atoms with E-state index in [0.717, 1.165) is 5.52 Å². The third-order valence-corrected chi connectivity index (χ3v) is 1.86. The average Bonchev–Trinajstić information content (AvgIpc) is 2.44. The van der Waals surface area contributed by atoms with E-state index in [9.17, 15) is 4.79 Å². The summed E-state index contributed by atoms with van der Waals surface area (Å²) in [5.74, 6) is 0. The third-order valence-electron chi connectivity index (χ3n) is 1.86. The van der Waals surface area contributed by atoms with Crippen molar-refractivity contribution in [1.29, 1.82) is 0 Å². The van der Waals surface area contributed by atoms with E-state index in [-0.39, 0.29) is 5.69 Å². The third kappa shape index (κ3) is 1.16. The molecule has 0 radical (unpaired) electrons. The summed E-state index contributed by atoms with van der Waals surface area (Å²) in [6.45, 7) is 4.09. The van der Waals surface area contributed by atoms with Crippen molar-refractivity contribution in [3.8, 4) is 0 Å². The van der Waals surface area contributed by atoms with Crippen molar-refractivity contribution >= 4 is 11.2 Å². The van der Waals surface area contributed by atoms with Gasteiger partial charge in [0.1, 0.15) is 0 Å². The van der Waals surface area contributed by atoms with Crippen molar-refractivity contribution in [2.75, 3.05) is 0 Å². The van der Waals surface area contributed by atoms with Gasteiger partial charge in [-0.25, -0.2) is 9.78 Å². The molecule has 0 unspecified atom stereocenters. The Balaban J connectivity index is 2.78. The standard InChI is InChI=1S/C9H9N3O/c1-2-6-12-7-4-3-5-10-8(7)11-9(12)13/h2-5H,1,6H2,(H,10,11,13). The number of hydrogen-bond acceptors (Lipinski definition) is 2. The molecule has 0 bridgehead atoms. The van der Waals surface area contributed by atoms with Crippen LogP contribution in [-0.4, -0.2) is 14.5 Å². The summed E-state index contributed by atoms with van der Waals surface area (Å²) in [5.41, 5.74) is 1.29. The number of H-pyrrole nitrogens is 1. The minimum Gasteiger partial charge on any atom is -0.290 e. The van der Waals surface area contributed by atoms with Crippen LogP contribution in [0.2, 0.25) is 0 Å². The van der Waals surface area contributed by atoms with Gasteiger partial charge in [-0.05, 0) is 12.1 Å². The molecule has 0 spiro atoms. The van der Waals surface area contributed by atoms with Crippen LogP contribution in [0, 0.1) is 0 Å². The van der Waals surface area contributed by atoms with Crippen LogP contribution in [0.25, 0.3) is 11.2 Å². The predicted octanol–water partition coefficient (Wildman–Crippen LogP) is 0.911. The zero-order valence-corrected chi connectivity index (χ0v) is 7.03. The van der Waals surface area contributed by atoms with Gasteiger partial charge in [0.15, 0.2) is 5.65 Å². The molecule has 0 aliphatic heterocycles. The fraction of sp³-hybridized carbons (Fsp3) is 0.111. The Labute approximate surface area is 74.5 Å². The molecule has 66 valence electrons. The predicted molar refractivity (Wildman–Crippen MR) is 50.6 cm³/mol. The SMILES string of the molecule is C=CCn1c(=O)[nH]c2ncccc21. The van der Waals surface area contributed by atoms with Gasteiger partial charge in [0, 0.05) is 12.7 Å². The molecule has 0 saturated carbocycles. The van der Waals surface area contributed by atoms with Crippen LogP contribution in [0.4, 0.5) is 0 Å². The second-order valence-electron chi connectivity index (χ2n) is 2.70. The smallest absolute Gasteiger partial charge is 0.290 e. The maximum absolute atomic E-state index is 11.3. The van der Waals surface area contributed by atoms with E-state index in [2.05, 4.69) is 16.5 Å². The van der Waals surface area contributed by atoms with E-state index in [4.69, 9.17) is 0 Å². The highest BCUT2D eigenvalue weighted by Crippen LogP contribution is 2.04. The first kappa shape index (κ1) is 7.79. The molecular formula is C9H9N3O. The van der Waals surface area contributed by atoms with Gasteiger partial charge in [-0.2, -0.15) is 0 Å². The summed E-state index contributed by atoms with van der Waals surface area (Å²) in [6.07, 6.45) is 3.33. The van der Waals surface area contributed by atoms with Crippen molar-refractivity contribution in [2.45, 2.75) is 6.54 Å². The minimum absolute atomic E-state index is 0.145. The summed E-state index contributed by atoms with van der Waals surface area (Å²) in [5, 5.41) is 0. The number of pyridine rings is 1. The molecule has 2 rings (SSSR count). The second-order valence-corrected chi connectivity index (χ2v) is 2.70. The topological polar surface area (TPSA) is 50.7 Å². The highest BCUT2D eigenvalue weighted by atomic mass is 16.1. The van der Waals surface area contributed by atoms with Crippen molar-refractivity contribution in [3.63, 3.8) is 0 Å². The lowest BCUT2D eigenvalue weighted by Gasteiger charge is -1.95. The number of aromatic nitrogens is 3. The van der Waals surface area contributed by atoms with E-state index < -0.39 is 0 Å². The molecule has 0 fully saturated rings. The van der Waals surface area contributed by atoms with Gasteiger partial charge in [0.25, 0.3) is 0 Å². The average molecular weight is 175 g/mol. The summed E-state index contributed by atoms with van der Waals surface area (Å²) in [6, 6.07) is 3.65. The molecule has 0 atom stereocenters. The van der Waals surface area contributed by atoms with E-state index in [0.29, 0.717) is 12.2 Å². The fourth-order valence-electron chi connectivity index (χ4n) is 1.30. The summed E-state index contributed by atoms with van der Waals surface area (Å²) in [7, 11) is 0. The Hall–Kier alpha value is -1.84. The highest BCUT2D eigenvalue weighted by molar-refractivity contribution is 5.70. The summed E-state index contributed by atoms with van der Waals surface area (Å²) in [4.78, 5) is 18.0. The molecule has 1 N–H and O–H groups in total. The van der Waals surface area contributed by atoms with Crippen LogP contribution < -0.4 is 5.69 Å². The van der Waals surface area contributed by atoms with Crippen LogP contribution in [0.15, 0.2) is 35.8 Å². The van der Waals surface area contributed by atoms with E-state index >= 15 is 0 Å². The normalized spacial score (nSPS) is 10.5. The van der Waals surface area contributed by atoms with Crippen molar-refractivity contribution < 1.29 is 0 Å². The molecule has 0 aliphatic rings. The Morgan fingerprint density at radius 2 is 2.54 bits per heavy atom. The minimum atomic E-state index is -0.145. The van der Waals surface area contributed by atoms with E-state index in [1.165, 1.54) is 0 Å². The number of hydrogen-bond donors (Lipinski definition) is 1. The Bertz CT molecular complexity index is 495. The largest absolute Gasteiger partial charge is 0.327 e. The lowest BCUT2D eigenvalue weighted by molar-refractivity contribution is 0.809. The number of nitrogens with one attached hydrogen (secondary N) is 1. The first-order valence-electron chi connectivity index (χ1n) is 3.97. The van der Waals surface area contributed by atoms with Gasteiger partial charge in [-0.3, -0.25) is 9.55 Å². The number of allylic oxidation sites excluding steroid dienone is 1. The molecule has 2 heterocycles. The van der Waals surface area contributed by atoms with Crippen LogP contribution in [-0.2, 0) is 6.54 Å². The molecule has 2 aromatic rings. The molecule has 2 aromatic heterocycles. The first-order chi connectivity index (χ1) is 6.33. The molecule has 13 heavy (non-hydrogen) atoms. The summed E-state index contributed by atoms with van der Waals surface area (Å²) >= 11 is 0. The number of imidazole rings is 1. The zero-order chi connectivity index (χ0) is 9.26. The fourth-order valence-corrected chi connectivity index (χ4v) is 1.30. The molecule has 0 aliphatic carbocycles. The number of aromatic amines is 1. The van der Waals surface area contributed by atoms with Gasteiger partial charge >= 0.3 is 5.69 Å². The number of rotatable bonds is 2. The van der Waals surface area contributed by atoms with Gasteiger partial charge in [0.2, 0.25) is 0 Å². The molecule has 0 amide bonds.